The molecule has 0 fully saturated rings. The zero-order valence-electron chi connectivity index (χ0n) is 26.4. The summed E-state index contributed by atoms with van der Waals surface area (Å²) >= 11 is 68.5. The SMILES string of the molecule is Cc1c(Cl)c(Br)c2c3nc4nc(nc5[nH]c(nc6nc(nc([nH]3)c2c1Br)-c1c(Br)c(Cl)c(Br)c(Br)c1-6)c1c(Br)c(Cl)c(Br)c(Br)c51)-c1c(Br)c(Cl)c(Br)c(Br)c1-4. The quantitative estimate of drug-likeness (QED) is 0.116. The number of rotatable bonds is 0. The molecule has 23 heteroatoms. The molecule has 0 saturated heterocycles. The minimum atomic E-state index is 0.302. The number of hydrogen-bond acceptors (Lipinski definition) is 6. The van der Waals surface area contributed by atoms with Crippen LogP contribution in [0.4, 0.5) is 0 Å². The van der Waals surface area contributed by atoms with E-state index in [4.69, 9.17) is 76.3 Å². The Balaban J connectivity index is 1.61. The number of aromatic nitrogens is 8. The van der Waals surface area contributed by atoms with Gasteiger partial charge in [-0.3, -0.25) is 0 Å². The van der Waals surface area contributed by atoms with Crippen molar-refractivity contribution in [3.05, 3.63) is 74.9 Å². The highest BCUT2D eigenvalue weighted by molar-refractivity contribution is 9.14. The molecule has 0 aliphatic carbocycles. The van der Waals surface area contributed by atoms with Gasteiger partial charge in [0.25, 0.3) is 0 Å². The molecule has 0 unspecified atom stereocenters. The summed E-state index contributed by atoms with van der Waals surface area (Å²) in [6.07, 6.45) is 0. The maximum absolute atomic E-state index is 6.92. The van der Waals surface area contributed by atoms with Gasteiger partial charge in [-0.1, -0.05) is 46.4 Å². The van der Waals surface area contributed by atoms with Gasteiger partial charge < -0.3 is 9.97 Å². The van der Waals surface area contributed by atoms with Crippen LogP contribution in [0.15, 0.2) is 49.2 Å². The first kappa shape index (κ1) is 42.0. The van der Waals surface area contributed by atoms with E-state index in [1.165, 1.54) is 0 Å². The third-order valence-corrected chi connectivity index (χ3v) is 22.7. The van der Waals surface area contributed by atoms with E-state index in [-0.39, 0.29) is 0 Å². The van der Waals surface area contributed by atoms with Crippen molar-refractivity contribution < 1.29 is 0 Å². The van der Waals surface area contributed by atoms with Crippen LogP contribution >= 0.6 is 222 Å². The van der Waals surface area contributed by atoms with Crippen LogP contribution < -0.4 is 0 Å². The molecule has 2 aliphatic heterocycles. The molecular formula is C33H5Br11Cl4N8. The van der Waals surface area contributed by atoms with Gasteiger partial charge in [-0.2, -0.15) is 0 Å². The van der Waals surface area contributed by atoms with Gasteiger partial charge in [-0.05, 0) is 188 Å². The fourth-order valence-corrected chi connectivity index (χ4v) is 14.3. The van der Waals surface area contributed by atoms with Gasteiger partial charge in [0.15, 0.2) is 23.3 Å². The normalized spacial score (nSPS) is 12.3. The van der Waals surface area contributed by atoms with Crippen LogP contribution in [0.25, 0.3) is 89.7 Å². The van der Waals surface area contributed by atoms with Crippen molar-refractivity contribution in [2.24, 2.45) is 0 Å². The molecule has 0 spiro atoms. The van der Waals surface area contributed by atoms with Crippen molar-refractivity contribution in [2.45, 2.75) is 6.92 Å². The van der Waals surface area contributed by atoms with E-state index in [1.54, 1.807) is 0 Å². The zero-order valence-corrected chi connectivity index (χ0v) is 46.8. The molecule has 0 radical (unpaired) electrons. The van der Waals surface area contributed by atoms with E-state index < -0.39 is 0 Å². The largest absolute Gasteiger partial charge is 0.324 e. The summed E-state index contributed by atoms with van der Waals surface area (Å²) in [4.78, 5) is 37.6. The van der Waals surface area contributed by atoms with Crippen molar-refractivity contribution in [1.29, 1.82) is 0 Å². The molecule has 7 aromatic rings. The van der Waals surface area contributed by atoms with Gasteiger partial charge >= 0.3 is 0 Å². The lowest BCUT2D eigenvalue weighted by Crippen LogP contribution is -1.89. The number of nitrogens with zero attached hydrogens (tertiary/aromatic N) is 6. The van der Waals surface area contributed by atoms with E-state index >= 15 is 0 Å². The number of nitrogens with one attached hydrogen (secondary N) is 2. The lowest BCUT2D eigenvalue weighted by Gasteiger charge is -2.10. The number of halogens is 15. The standard InChI is InChI=1S/C33H5Br11Cl4N8/c1-2-11(34)3-7(15(38)22(2)45)30-49-26(3)50-31-8-4(12(35)19(42)23(46)16(8)39)28(52-31)54-33-10-6(14(37)21(44)25(48)18(10)41)29(56-33)55-32-9-5(27(51-30)53-32)13(36)20(43)24(47)17(9)40/h1H3,(H2,49,50,51,52,53,54,55,56). The van der Waals surface area contributed by atoms with Crippen LogP contribution in [0, 0.1) is 6.92 Å². The molecule has 8 bridgehead atoms. The average Bonchev–Trinajstić information content (AvgIpc) is 3.92. The van der Waals surface area contributed by atoms with Gasteiger partial charge in [-0.25, -0.2) is 29.9 Å². The summed E-state index contributed by atoms with van der Waals surface area (Å²) in [5.41, 5.74) is 4.83. The number of fused-ring (bicyclic) bond motifs is 20. The maximum Gasteiger partial charge on any atom is 0.165 e. The van der Waals surface area contributed by atoms with Crippen molar-refractivity contribution in [2.75, 3.05) is 0 Å². The minimum absolute atomic E-state index is 0.302. The summed E-state index contributed by atoms with van der Waals surface area (Å²) in [5, 5.41) is 4.32. The van der Waals surface area contributed by atoms with Gasteiger partial charge in [0.2, 0.25) is 0 Å². The Labute approximate surface area is 426 Å². The van der Waals surface area contributed by atoms with Gasteiger partial charge in [0.1, 0.15) is 22.6 Å². The molecule has 0 atom stereocenters. The predicted octanol–water partition coefficient (Wildman–Crippen LogP) is 18.2. The third-order valence-electron chi connectivity index (χ3n) is 8.95. The monoisotopic (exact) mass is 1520 g/mol. The van der Waals surface area contributed by atoms with Gasteiger partial charge in [-0.15, -0.1) is 0 Å². The van der Waals surface area contributed by atoms with Crippen LogP contribution in [-0.4, -0.2) is 39.9 Å². The maximum atomic E-state index is 6.92. The smallest absolute Gasteiger partial charge is 0.165 e. The van der Waals surface area contributed by atoms with E-state index in [2.05, 4.69) is 185 Å². The molecule has 2 N–H and O–H groups in total. The van der Waals surface area contributed by atoms with Crippen molar-refractivity contribution in [1.82, 2.24) is 39.9 Å². The van der Waals surface area contributed by atoms with Crippen LogP contribution in [0.5, 0.6) is 0 Å². The summed E-state index contributed by atoms with van der Waals surface area (Å²) in [5.74, 6) is 1.24. The molecule has 9 rings (SSSR count). The van der Waals surface area contributed by atoms with E-state index in [0.717, 1.165) is 5.56 Å². The van der Waals surface area contributed by atoms with Crippen LogP contribution in [0.3, 0.4) is 0 Å². The molecule has 3 aromatic heterocycles. The first-order chi connectivity index (χ1) is 26.4. The average molecular weight is 1530 g/mol. The number of aromatic amines is 2. The molecule has 0 amide bonds. The Morgan fingerprint density at radius 1 is 0.321 bits per heavy atom. The second-order valence-electron chi connectivity index (χ2n) is 11.9. The molecule has 8 nitrogen and oxygen atoms in total. The van der Waals surface area contributed by atoms with Gasteiger partial charge in [0.05, 0.1) is 33.5 Å². The topological polar surface area (TPSA) is 109 Å². The van der Waals surface area contributed by atoms with Gasteiger partial charge in [0, 0.05) is 79.6 Å². The van der Waals surface area contributed by atoms with Crippen LogP contribution in [-0.2, 0) is 0 Å². The molecule has 0 saturated carbocycles. The fraction of sp³-hybridized carbons (Fsp3) is 0.0303. The van der Waals surface area contributed by atoms with Crippen molar-refractivity contribution in [3.8, 4) is 45.6 Å². The summed E-state index contributed by atoms with van der Waals surface area (Å²) < 4.78 is 6.61. The lowest BCUT2D eigenvalue weighted by molar-refractivity contribution is 1.19. The molecular weight excluding hydrogens is 1530 g/mol. The molecule has 2 aliphatic rings. The molecule has 56 heavy (non-hydrogen) atoms. The summed E-state index contributed by atoms with van der Waals surface area (Å²) in [7, 11) is 0. The highest BCUT2D eigenvalue weighted by atomic mass is 79.9. The van der Waals surface area contributed by atoms with Crippen LogP contribution in [0.1, 0.15) is 5.56 Å². The first-order valence-electron chi connectivity index (χ1n) is 15.0. The predicted molar refractivity (Wildman–Crippen MR) is 266 cm³/mol. The highest BCUT2D eigenvalue weighted by Crippen LogP contribution is 2.54. The second kappa shape index (κ2) is 15.2. The fourth-order valence-electron chi connectivity index (χ4n) is 6.38. The Bertz CT molecular complexity index is 2830. The molecule has 4 aromatic carbocycles. The third kappa shape index (κ3) is 6.10. The lowest BCUT2D eigenvalue weighted by atomic mass is 10.1. The minimum Gasteiger partial charge on any atom is -0.324 e. The van der Waals surface area contributed by atoms with E-state index in [0.29, 0.717) is 159 Å². The van der Waals surface area contributed by atoms with Crippen molar-refractivity contribution >= 4 is 266 Å². The Morgan fingerprint density at radius 2 is 0.607 bits per heavy atom. The summed E-state index contributed by atoms with van der Waals surface area (Å²) in [6, 6.07) is 0. The zero-order chi connectivity index (χ0) is 40.1. The number of H-pyrrole nitrogens is 2. The first-order valence-corrected chi connectivity index (χ1v) is 25.3. The number of benzene rings is 4. The highest BCUT2D eigenvalue weighted by Gasteiger charge is 2.33. The Hall–Kier alpha value is 0.680. The molecule has 282 valence electrons. The Morgan fingerprint density at radius 3 is 1.00 bits per heavy atom. The Kier molecular flexibility index (Phi) is 11.4. The van der Waals surface area contributed by atoms with Crippen molar-refractivity contribution in [3.63, 3.8) is 0 Å². The van der Waals surface area contributed by atoms with E-state index in [9.17, 15) is 0 Å². The summed E-state index contributed by atoms with van der Waals surface area (Å²) in [6.45, 7) is 1.91. The van der Waals surface area contributed by atoms with E-state index in [1.807, 2.05) is 6.92 Å². The molecule has 5 heterocycles. The second-order valence-corrected chi connectivity index (χ2v) is 22.2. The number of hydrogen-bond donors (Lipinski definition) is 2. The van der Waals surface area contributed by atoms with Crippen LogP contribution in [0.2, 0.25) is 20.1 Å².